The van der Waals surface area contributed by atoms with Crippen molar-refractivity contribution in [1.82, 2.24) is 0 Å². The highest BCUT2D eigenvalue weighted by Crippen LogP contribution is 2.45. The SMILES string of the molecule is C=C(C)C(O)Cc1c2c(c3occ(-c4ccc(O)cc4)c(=O)c3c1OC)C=CC(C)(C)O2. The first-order valence-electron chi connectivity index (χ1n) is 10.3. The van der Waals surface area contributed by atoms with Crippen LogP contribution in [0.5, 0.6) is 17.2 Å². The molecule has 1 unspecified atom stereocenters. The van der Waals surface area contributed by atoms with Crippen LogP contribution >= 0.6 is 0 Å². The van der Waals surface area contributed by atoms with Gasteiger partial charge in [-0.3, -0.25) is 4.79 Å². The Bertz CT molecular complexity index is 1290. The van der Waals surface area contributed by atoms with Crippen molar-refractivity contribution in [1.29, 1.82) is 0 Å². The molecule has 0 bridgehead atoms. The Balaban J connectivity index is 2.07. The summed E-state index contributed by atoms with van der Waals surface area (Å²) in [5.74, 6) is 0.925. The lowest BCUT2D eigenvalue weighted by atomic mass is 9.92. The standard InChI is InChI=1S/C26H26O6/c1-14(2)20(28)12-18-23-17(10-11-26(3,4)32-23)25-21(24(18)30-5)22(29)19(13-31-25)15-6-8-16(27)9-7-15/h6-11,13,20,27-28H,1,12H2,2-5H3. The van der Waals surface area contributed by atoms with Crippen LogP contribution in [0.1, 0.15) is 31.9 Å². The van der Waals surface area contributed by atoms with Gasteiger partial charge < -0.3 is 24.1 Å². The van der Waals surface area contributed by atoms with E-state index in [4.69, 9.17) is 13.9 Å². The van der Waals surface area contributed by atoms with Crippen molar-refractivity contribution in [2.24, 2.45) is 0 Å². The first-order chi connectivity index (χ1) is 15.1. The molecule has 0 aliphatic carbocycles. The summed E-state index contributed by atoms with van der Waals surface area (Å²) in [6, 6.07) is 6.32. The second kappa shape index (κ2) is 7.88. The number of aromatic hydroxyl groups is 1. The number of hydrogen-bond acceptors (Lipinski definition) is 6. The fraction of sp³-hybridized carbons (Fsp3) is 0.269. The Kier molecular flexibility index (Phi) is 5.34. The van der Waals surface area contributed by atoms with Crippen LogP contribution in [0.4, 0.5) is 0 Å². The first kappa shape index (κ1) is 21.7. The number of aliphatic hydroxyl groups excluding tert-OH is 1. The number of phenolic OH excluding ortho intramolecular Hbond substituents is 1. The van der Waals surface area contributed by atoms with Crippen LogP contribution in [0.15, 0.2) is 58.0 Å². The average Bonchev–Trinajstić information content (AvgIpc) is 2.74. The molecule has 0 saturated heterocycles. The fourth-order valence-corrected chi connectivity index (χ4v) is 3.86. The smallest absolute Gasteiger partial charge is 0.204 e. The topological polar surface area (TPSA) is 89.1 Å². The van der Waals surface area contributed by atoms with Crippen molar-refractivity contribution in [3.63, 3.8) is 0 Å². The minimum absolute atomic E-state index is 0.103. The Labute approximate surface area is 186 Å². The van der Waals surface area contributed by atoms with Gasteiger partial charge in [-0.05, 0) is 50.6 Å². The molecule has 0 saturated carbocycles. The zero-order valence-electron chi connectivity index (χ0n) is 18.6. The van der Waals surface area contributed by atoms with Crippen LogP contribution in [0.2, 0.25) is 0 Å². The van der Waals surface area contributed by atoms with E-state index in [2.05, 4.69) is 6.58 Å². The number of methoxy groups -OCH3 is 1. The summed E-state index contributed by atoms with van der Waals surface area (Å²) in [6.07, 6.45) is 4.51. The maximum atomic E-state index is 13.6. The van der Waals surface area contributed by atoms with Gasteiger partial charge in [0.25, 0.3) is 0 Å². The molecule has 2 aromatic carbocycles. The maximum Gasteiger partial charge on any atom is 0.204 e. The summed E-state index contributed by atoms with van der Waals surface area (Å²) < 4.78 is 17.9. The molecule has 2 N–H and O–H groups in total. The first-order valence-corrected chi connectivity index (χ1v) is 10.3. The minimum Gasteiger partial charge on any atom is -0.508 e. The van der Waals surface area contributed by atoms with Crippen LogP contribution in [0.25, 0.3) is 28.2 Å². The van der Waals surface area contributed by atoms with Gasteiger partial charge in [0.2, 0.25) is 5.43 Å². The second-order valence-corrected chi connectivity index (χ2v) is 8.59. The predicted molar refractivity (Wildman–Crippen MR) is 124 cm³/mol. The summed E-state index contributed by atoms with van der Waals surface area (Å²) in [6.45, 7) is 9.43. The summed E-state index contributed by atoms with van der Waals surface area (Å²) in [5, 5.41) is 20.4. The van der Waals surface area contributed by atoms with Gasteiger partial charge in [0, 0.05) is 12.0 Å². The molecule has 3 aromatic rings. The van der Waals surface area contributed by atoms with Crippen molar-refractivity contribution in [3.8, 4) is 28.4 Å². The Hall–Kier alpha value is -3.51. The van der Waals surface area contributed by atoms with E-state index in [1.807, 2.05) is 26.0 Å². The Morgan fingerprint density at radius 1 is 1.25 bits per heavy atom. The van der Waals surface area contributed by atoms with E-state index in [1.54, 1.807) is 19.1 Å². The van der Waals surface area contributed by atoms with Crippen molar-refractivity contribution >= 4 is 17.0 Å². The Morgan fingerprint density at radius 2 is 1.94 bits per heavy atom. The largest absolute Gasteiger partial charge is 0.508 e. The lowest BCUT2D eigenvalue weighted by molar-refractivity contribution is 0.153. The number of rotatable bonds is 5. The average molecular weight is 434 g/mol. The zero-order valence-corrected chi connectivity index (χ0v) is 18.6. The number of hydrogen-bond donors (Lipinski definition) is 2. The zero-order chi connectivity index (χ0) is 23.2. The van der Waals surface area contributed by atoms with Crippen LogP contribution in [0.3, 0.4) is 0 Å². The van der Waals surface area contributed by atoms with E-state index >= 15 is 0 Å². The fourth-order valence-electron chi connectivity index (χ4n) is 3.86. The lowest BCUT2D eigenvalue weighted by Crippen LogP contribution is -2.29. The van der Waals surface area contributed by atoms with Crippen molar-refractivity contribution in [2.75, 3.05) is 7.11 Å². The monoisotopic (exact) mass is 434 g/mol. The number of aliphatic hydroxyl groups is 1. The molecular weight excluding hydrogens is 408 g/mol. The normalized spacial score (nSPS) is 15.2. The molecule has 1 aliphatic heterocycles. The van der Waals surface area contributed by atoms with E-state index in [0.29, 0.717) is 44.9 Å². The van der Waals surface area contributed by atoms with Crippen LogP contribution in [-0.2, 0) is 6.42 Å². The van der Waals surface area contributed by atoms with E-state index < -0.39 is 11.7 Å². The molecule has 0 radical (unpaired) electrons. The van der Waals surface area contributed by atoms with Crippen molar-refractivity contribution in [2.45, 2.75) is 38.9 Å². The highest BCUT2D eigenvalue weighted by molar-refractivity contribution is 5.97. The maximum absolute atomic E-state index is 13.6. The second-order valence-electron chi connectivity index (χ2n) is 8.59. The van der Waals surface area contributed by atoms with E-state index in [1.165, 1.54) is 25.5 Å². The van der Waals surface area contributed by atoms with Crippen LogP contribution in [0, 0.1) is 0 Å². The van der Waals surface area contributed by atoms with Gasteiger partial charge in [0.1, 0.15) is 34.5 Å². The quantitative estimate of drug-likeness (QED) is 0.559. The molecule has 1 atom stereocenters. The van der Waals surface area contributed by atoms with Crippen LogP contribution in [-0.4, -0.2) is 29.0 Å². The third-order valence-electron chi connectivity index (χ3n) is 5.62. The molecule has 6 nitrogen and oxygen atoms in total. The van der Waals surface area contributed by atoms with Crippen molar-refractivity contribution in [3.05, 3.63) is 70.1 Å². The summed E-state index contributed by atoms with van der Waals surface area (Å²) in [4.78, 5) is 13.6. The third kappa shape index (κ3) is 3.67. The predicted octanol–water partition coefficient (Wildman–Crippen LogP) is 4.84. The van der Waals surface area contributed by atoms with Gasteiger partial charge in [-0.1, -0.05) is 24.3 Å². The third-order valence-corrected chi connectivity index (χ3v) is 5.62. The Morgan fingerprint density at radius 3 is 2.56 bits per heavy atom. The molecule has 166 valence electrons. The van der Waals surface area contributed by atoms with Gasteiger partial charge in [0.15, 0.2) is 5.58 Å². The van der Waals surface area contributed by atoms with Gasteiger partial charge in [-0.25, -0.2) is 0 Å². The van der Waals surface area contributed by atoms with Gasteiger partial charge in [0.05, 0.1) is 24.3 Å². The number of benzene rings is 2. The number of fused-ring (bicyclic) bond motifs is 3. The minimum atomic E-state index is -0.838. The van der Waals surface area contributed by atoms with Crippen LogP contribution < -0.4 is 14.9 Å². The van der Waals surface area contributed by atoms with Crippen molar-refractivity contribution < 1.29 is 24.1 Å². The summed E-state index contributed by atoms with van der Waals surface area (Å²) >= 11 is 0. The molecule has 0 spiro atoms. The molecule has 6 heteroatoms. The van der Waals surface area contributed by atoms with Gasteiger partial charge >= 0.3 is 0 Å². The number of ether oxygens (including phenoxy) is 2. The molecule has 0 amide bonds. The highest BCUT2D eigenvalue weighted by atomic mass is 16.5. The van der Waals surface area contributed by atoms with E-state index in [-0.39, 0.29) is 23.0 Å². The molecule has 0 fully saturated rings. The van der Waals surface area contributed by atoms with E-state index in [9.17, 15) is 15.0 Å². The summed E-state index contributed by atoms with van der Waals surface area (Å²) in [5.41, 5.74) is 2.23. The molecular formula is C26H26O6. The molecule has 2 heterocycles. The van der Waals surface area contributed by atoms with Gasteiger partial charge in [-0.15, -0.1) is 0 Å². The lowest BCUT2D eigenvalue weighted by Gasteiger charge is -2.31. The van der Waals surface area contributed by atoms with Gasteiger partial charge in [-0.2, -0.15) is 0 Å². The molecule has 32 heavy (non-hydrogen) atoms. The highest BCUT2D eigenvalue weighted by Gasteiger charge is 2.32. The molecule has 1 aromatic heterocycles. The summed E-state index contributed by atoms with van der Waals surface area (Å²) in [7, 11) is 1.48. The number of phenols is 1. The van der Waals surface area contributed by atoms with E-state index in [0.717, 1.165) is 0 Å². The molecule has 4 rings (SSSR count). The molecule has 1 aliphatic rings.